The Morgan fingerprint density at radius 2 is 2.07 bits per heavy atom. The lowest BCUT2D eigenvalue weighted by molar-refractivity contribution is -0.121. The largest absolute Gasteiger partial charge is 0.368 e. The highest BCUT2D eigenvalue weighted by molar-refractivity contribution is 5.80. The Kier molecular flexibility index (Phi) is 4.58. The number of amides is 1. The van der Waals surface area contributed by atoms with E-state index in [2.05, 4.69) is 12.2 Å². The Hall–Kier alpha value is -0.570. The average molecular weight is 212 g/mol. The van der Waals surface area contributed by atoms with Crippen molar-refractivity contribution in [2.45, 2.75) is 58.5 Å². The topological polar surface area (TPSA) is 55.1 Å². The van der Waals surface area contributed by atoms with Crippen molar-refractivity contribution in [2.75, 3.05) is 0 Å². The number of carbonyl (C=O) groups excluding carboxylic acids is 1. The van der Waals surface area contributed by atoms with Crippen molar-refractivity contribution in [1.29, 1.82) is 0 Å². The number of carbonyl (C=O) groups is 1. The van der Waals surface area contributed by atoms with Crippen molar-refractivity contribution in [3.63, 3.8) is 0 Å². The van der Waals surface area contributed by atoms with Gasteiger partial charge in [-0.3, -0.25) is 4.79 Å². The monoisotopic (exact) mass is 212 g/mol. The van der Waals surface area contributed by atoms with Crippen molar-refractivity contribution >= 4 is 5.91 Å². The smallest absolute Gasteiger partial charge is 0.234 e. The molecule has 0 heterocycles. The fourth-order valence-corrected chi connectivity index (χ4v) is 2.44. The fourth-order valence-electron chi connectivity index (χ4n) is 2.44. The summed E-state index contributed by atoms with van der Waals surface area (Å²) in [6.45, 7) is 6.35. The van der Waals surface area contributed by atoms with Crippen LogP contribution in [0.15, 0.2) is 0 Å². The van der Waals surface area contributed by atoms with E-state index in [1.807, 2.05) is 13.8 Å². The molecule has 3 heteroatoms. The zero-order valence-electron chi connectivity index (χ0n) is 10.1. The SMILES string of the molecule is CC1CCCC(NC(C(N)=O)C(C)C)C1. The molecule has 0 radical (unpaired) electrons. The van der Waals surface area contributed by atoms with Gasteiger partial charge in [0.25, 0.3) is 0 Å². The minimum absolute atomic E-state index is 0.166. The second-order valence-corrected chi connectivity index (χ2v) is 5.26. The molecular formula is C12H24N2O. The number of hydrogen-bond acceptors (Lipinski definition) is 2. The first-order chi connectivity index (χ1) is 7.00. The zero-order chi connectivity index (χ0) is 11.4. The van der Waals surface area contributed by atoms with E-state index < -0.39 is 0 Å². The van der Waals surface area contributed by atoms with Crippen LogP contribution in [0.3, 0.4) is 0 Å². The van der Waals surface area contributed by atoms with Crippen LogP contribution in [-0.2, 0) is 4.79 Å². The van der Waals surface area contributed by atoms with Gasteiger partial charge in [0.05, 0.1) is 6.04 Å². The number of hydrogen-bond donors (Lipinski definition) is 2. The van der Waals surface area contributed by atoms with Gasteiger partial charge in [-0.05, 0) is 24.7 Å². The van der Waals surface area contributed by atoms with Crippen LogP contribution in [0.25, 0.3) is 0 Å². The van der Waals surface area contributed by atoms with Gasteiger partial charge in [-0.25, -0.2) is 0 Å². The first-order valence-electron chi connectivity index (χ1n) is 6.06. The normalized spacial score (nSPS) is 29.1. The predicted octanol–water partition coefficient (Wildman–Crippen LogP) is 1.66. The molecule has 0 spiro atoms. The van der Waals surface area contributed by atoms with Crippen molar-refractivity contribution in [3.05, 3.63) is 0 Å². The summed E-state index contributed by atoms with van der Waals surface area (Å²) in [6.07, 6.45) is 4.95. The lowest BCUT2D eigenvalue weighted by Gasteiger charge is -2.31. The highest BCUT2D eigenvalue weighted by Crippen LogP contribution is 2.24. The molecule has 0 aromatic rings. The lowest BCUT2D eigenvalue weighted by Crippen LogP contribution is -2.50. The first kappa shape index (κ1) is 12.5. The minimum Gasteiger partial charge on any atom is -0.368 e. The summed E-state index contributed by atoms with van der Waals surface area (Å²) in [5.41, 5.74) is 5.39. The molecule has 1 fully saturated rings. The summed E-state index contributed by atoms with van der Waals surface area (Å²) in [6, 6.07) is 0.314. The van der Waals surface area contributed by atoms with E-state index in [4.69, 9.17) is 5.73 Å². The molecule has 1 saturated carbocycles. The molecule has 0 aromatic heterocycles. The molecule has 3 unspecified atom stereocenters. The standard InChI is InChI=1S/C12H24N2O/c1-8(2)11(12(13)15)14-10-6-4-5-9(3)7-10/h8-11,14H,4-7H2,1-3H3,(H2,13,15). The maximum atomic E-state index is 11.3. The van der Waals surface area contributed by atoms with E-state index in [1.165, 1.54) is 25.7 Å². The van der Waals surface area contributed by atoms with Gasteiger partial charge < -0.3 is 11.1 Å². The van der Waals surface area contributed by atoms with E-state index in [9.17, 15) is 4.79 Å². The highest BCUT2D eigenvalue weighted by atomic mass is 16.1. The third kappa shape index (κ3) is 3.82. The Labute approximate surface area is 92.8 Å². The van der Waals surface area contributed by atoms with Crippen molar-refractivity contribution in [1.82, 2.24) is 5.32 Å². The Bertz CT molecular complexity index is 216. The maximum absolute atomic E-state index is 11.3. The summed E-state index contributed by atoms with van der Waals surface area (Å²) in [4.78, 5) is 11.3. The second-order valence-electron chi connectivity index (χ2n) is 5.26. The molecule has 0 saturated heterocycles. The molecule has 1 amide bonds. The van der Waals surface area contributed by atoms with Gasteiger partial charge in [-0.1, -0.05) is 33.6 Å². The highest BCUT2D eigenvalue weighted by Gasteiger charge is 2.25. The number of primary amides is 1. The first-order valence-corrected chi connectivity index (χ1v) is 6.06. The second kappa shape index (κ2) is 5.50. The third-order valence-electron chi connectivity index (χ3n) is 3.32. The molecule has 0 bridgehead atoms. The maximum Gasteiger partial charge on any atom is 0.234 e. The van der Waals surface area contributed by atoms with Gasteiger partial charge in [-0.2, -0.15) is 0 Å². The molecular weight excluding hydrogens is 188 g/mol. The molecule has 3 N–H and O–H groups in total. The Morgan fingerprint density at radius 3 is 2.53 bits per heavy atom. The summed E-state index contributed by atoms with van der Waals surface area (Å²) >= 11 is 0. The fraction of sp³-hybridized carbons (Fsp3) is 0.917. The van der Waals surface area contributed by atoms with Gasteiger partial charge in [0.1, 0.15) is 0 Å². The van der Waals surface area contributed by atoms with Crippen LogP contribution in [0, 0.1) is 11.8 Å². The molecule has 0 aliphatic heterocycles. The quantitative estimate of drug-likeness (QED) is 0.744. The molecule has 15 heavy (non-hydrogen) atoms. The van der Waals surface area contributed by atoms with Crippen LogP contribution in [0.1, 0.15) is 46.5 Å². The van der Waals surface area contributed by atoms with E-state index in [0.29, 0.717) is 6.04 Å². The van der Waals surface area contributed by atoms with Crippen molar-refractivity contribution in [3.8, 4) is 0 Å². The molecule has 0 aromatic carbocycles. The number of rotatable bonds is 4. The van der Waals surface area contributed by atoms with Crippen LogP contribution < -0.4 is 11.1 Å². The van der Waals surface area contributed by atoms with Gasteiger partial charge in [-0.15, -0.1) is 0 Å². The van der Waals surface area contributed by atoms with E-state index in [0.717, 1.165) is 5.92 Å². The molecule has 1 aliphatic rings. The van der Waals surface area contributed by atoms with Crippen LogP contribution >= 0.6 is 0 Å². The summed E-state index contributed by atoms with van der Waals surface area (Å²) in [7, 11) is 0. The molecule has 88 valence electrons. The average Bonchev–Trinajstić information content (AvgIpc) is 2.13. The molecule has 3 nitrogen and oxygen atoms in total. The Balaban J connectivity index is 2.46. The summed E-state index contributed by atoms with van der Waals surface area (Å²) < 4.78 is 0. The van der Waals surface area contributed by atoms with Gasteiger partial charge in [0, 0.05) is 6.04 Å². The van der Waals surface area contributed by atoms with Gasteiger partial charge >= 0.3 is 0 Å². The van der Waals surface area contributed by atoms with Gasteiger partial charge in [0.2, 0.25) is 5.91 Å². The molecule has 1 aliphatic carbocycles. The Morgan fingerprint density at radius 1 is 1.40 bits per heavy atom. The number of nitrogens with one attached hydrogen (secondary N) is 1. The summed E-state index contributed by atoms with van der Waals surface area (Å²) in [5, 5.41) is 3.41. The third-order valence-corrected chi connectivity index (χ3v) is 3.32. The van der Waals surface area contributed by atoms with E-state index >= 15 is 0 Å². The van der Waals surface area contributed by atoms with Crippen LogP contribution in [0.5, 0.6) is 0 Å². The minimum atomic E-state index is -0.219. The van der Waals surface area contributed by atoms with Crippen LogP contribution in [0.2, 0.25) is 0 Å². The van der Waals surface area contributed by atoms with Gasteiger partial charge in [0.15, 0.2) is 0 Å². The molecule has 1 rings (SSSR count). The predicted molar refractivity (Wildman–Crippen MR) is 62.4 cm³/mol. The van der Waals surface area contributed by atoms with Crippen molar-refractivity contribution < 1.29 is 4.79 Å². The van der Waals surface area contributed by atoms with Crippen LogP contribution in [-0.4, -0.2) is 18.0 Å². The summed E-state index contributed by atoms with van der Waals surface area (Å²) in [5.74, 6) is 0.833. The lowest BCUT2D eigenvalue weighted by atomic mass is 9.86. The zero-order valence-corrected chi connectivity index (χ0v) is 10.1. The van der Waals surface area contributed by atoms with Crippen LogP contribution in [0.4, 0.5) is 0 Å². The van der Waals surface area contributed by atoms with Crippen molar-refractivity contribution in [2.24, 2.45) is 17.6 Å². The van der Waals surface area contributed by atoms with E-state index in [-0.39, 0.29) is 17.9 Å². The van der Waals surface area contributed by atoms with E-state index in [1.54, 1.807) is 0 Å². The number of nitrogens with two attached hydrogens (primary N) is 1. The molecule has 3 atom stereocenters.